The Labute approximate surface area is 237 Å². The number of carbonyl (C=O) groups is 2. The third-order valence-electron chi connectivity index (χ3n) is 5.41. The van der Waals surface area contributed by atoms with Crippen LogP contribution in [0.1, 0.15) is 44.9 Å². The van der Waals surface area contributed by atoms with Crippen molar-refractivity contribution in [2.75, 3.05) is 112 Å². The van der Waals surface area contributed by atoms with Gasteiger partial charge in [0.1, 0.15) is 6.61 Å². The highest BCUT2D eigenvalue weighted by molar-refractivity contribution is 5.69. The summed E-state index contributed by atoms with van der Waals surface area (Å²) in [6, 6.07) is 0. The first-order valence-electron chi connectivity index (χ1n) is 14.3. The van der Waals surface area contributed by atoms with Gasteiger partial charge in [-0.1, -0.05) is 0 Å². The van der Waals surface area contributed by atoms with Crippen LogP contribution in [0.15, 0.2) is 0 Å². The van der Waals surface area contributed by atoms with Gasteiger partial charge in [0, 0.05) is 19.4 Å². The molecule has 236 valence electrons. The van der Waals surface area contributed by atoms with E-state index in [0.29, 0.717) is 105 Å². The first-order valence-corrected chi connectivity index (χ1v) is 14.3. The number of carboxylic acid groups (broad SMARTS) is 1. The number of esters is 1. The Kier molecular flexibility index (Phi) is 26.6. The van der Waals surface area contributed by atoms with Gasteiger partial charge >= 0.3 is 11.9 Å². The molecule has 0 radical (unpaired) electrons. The number of carbonyl (C=O) groups excluding carboxylic acids is 1. The van der Waals surface area contributed by atoms with Gasteiger partial charge in [-0.25, -0.2) is 0 Å². The van der Waals surface area contributed by atoms with Crippen molar-refractivity contribution in [2.45, 2.75) is 51.2 Å². The van der Waals surface area contributed by atoms with Gasteiger partial charge in [-0.3, -0.25) is 9.59 Å². The molecule has 0 aliphatic carbocycles. The van der Waals surface area contributed by atoms with Gasteiger partial charge in [0.05, 0.1) is 99.1 Å². The van der Waals surface area contributed by atoms with Crippen molar-refractivity contribution in [3.05, 3.63) is 0 Å². The molecule has 13 nitrogen and oxygen atoms in total. The van der Waals surface area contributed by atoms with Gasteiger partial charge in [-0.2, -0.15) is 0 Å². The SMILES string of the molecule is O=C(O)CCCCC(=O)OCCOCCOCCOCCOCCOCCOCCOCCOC1CCCCO1. The molecular weight excluding hydrogens is 532 g/mol. The summed E-state index contributed by atoms with van der Waals surface area (Å²) in [6.45, 7) is 8.03. The number of unbranched alkanes of at least 4 members (excludes halogenated alkanes) is 1. The fraction of sp³-hybridized carbons (Fsp3) is 0.926. The lowest BCUT2D eigenvalue weighted by atomic mass is 10.2. The van der Waals surface area contributed by atoms with Gasteiger partial charge in [-0.05, 0) is 32.1 Å². The highest BCUT2D eigenvalue weighted by atomic mass is 16.7. The molecule has 1 unspecified atom stereocenters. The fourth-order valence-corrected chi connectivity index (χ4v) is 3.33. The van der Waals surface area contributed by atoms with Gasteiger partial charge in [0.2, 0.25) is 0 Å². The van der Waals surface area contributed by atoms with Gasteiger partial charge in [0.15, 0.2) is 6.29 Å². The maximum atomic E-state index is 11.5. The van der Waals surface area contributed by atoms with E-state index in [4.69, 9.17) is 52.5 Å². The van der Waals surface area contributed by atoms with Crippen LogP contribution in [0.4, 0.5) is 0 Å². The van der Waals surface area contributed by atoms with Crippen LogP contribution in [0.3, 0.4) is 0 Å². The van der Waals surface area contributed by atoms with E-state index in [1.165, 1.54) is 0 Å². The predicted octanol–water partition coefficient (Wildman–Crippen LogP) is 1.83. The van der Waals surface area contributed by atoms with Crippen LogP contribution >= 0.6 is 0 Å². The molecule has 40 heavy (non-hydrogen) atoms. The van der Waals surface area contributed by atoms with Crippen LogP contribution in [0.5, 0.6) is 0 Å². The number of rotatable bonds is 30. The standard InChI is InChI=1S/C27H50O13/c28-25(29)5-1-2-6-26(30)38-23-21-36-19-17-34-15-13-32-11-9-31-10-12-33-14-16-35-18-20-37-22-24-40-27-7-3-4-8-39-27/h27H,1-24H2,(H,28,29). The molecule has 0 bridgehead atoms. The third-order valence-corrected chi connectivity index (χ3v) is 5.41. The number of hydrogen-bond acceptors (Lipinski definition) is 12. The van der Waals surface area contributed by atoms with Crippen molar-refractivity contribution in [3.63, 3.8) is 0 Å². The summed E-state index contributed by atoms with van der Waals surface area (Å²) in [5.74, 6) is -1.20. The largest absolute Gasteiger partial charge is 0.481 e. The molecule has 0 aromatic carbocycles. The summed E-state index contributed by atoms with van der Waals surface area (Å²) in [6.07, 6.45) is 4.41. The van der Waals surface area contributed by atoms with E-state index < -0.39 is 5.97 Å². The summed E-state index contributed by atoms with van der Waals surface area (Å²) in [5, 5.41) is 8.53. The van der Waals surface area contributed by atoms with Crippen LogP contribution in [0.25, 0.3) is 0 Å². The normalized spacial score (nSPS) is 15.3. The van der Waals surface area contributed by atoms with Gasteiger partial charge in [0.25, 0.3) is 0 Å². The van der Waals surface area contributed by atoms with Crippen molar-refractivity contribution in [2.24, 2.45) is 0 Å². The van der Waals surface area contributed by atoms with Crippen molar-refractivity contribution < 1.29 is 62.1 Å². The maximum Gasteiger partial charge on any atom is 0.305 e. The second kappa shape index (κ2) is 29.1. The van der Waals surface area contributed by atoms with Gasteiger partial charge < -0.3 is 52.5 Å². The average molecular weight is 583 g/mol. The Morgan fingerprint density at radius 3 is 1.43 bits per heavy atom. The number of hydrogen-bond donors (Lipinski definition) is 1. The molecule has 1 aliphatic rings. The highest BCUT2D eigenvalue weighted by Crippen LogP contribution is 2.13. The van der Waals surface area contributed by atoms with Crippen LogP contribution in [-0.4, -0.2) is 136 Å². The molecule has 1 saturated heterocycles. The molecule has 13 heteroatoms. The lowest BCUT2D eigenvalue weighted by Crippen LogP contribution is -2.24. The molecular formula is C27H50O13. The van der Waals surface area contributed by atoms with E-state index in [0.717, 1.165) is 25.9 Å². The Morgan fingerprint density at radius 2 is 1.00 bits per heavy atom. The van der Waals surface area contributed by atoms with E-state index in [1.54, 1.807) is 0 Å². The first-order chi connectivity index (χ1) is 19.7. The Bertz CT molecular complexity index is 573. The predicted molar refractivity (Wildman–Crippen MR) is 142 cm³/mol. The third kappa shape index (κ3) is 26.8. The van der Waals surface area contributed by atoms with E-state index >= 15 is 0 Å². The van der Waals surface area contributed by atoms with E-state index in [9.17, 15) is 9.59 Å². The average Bonchev–Trinajstić information content (AvgIpc) is 2.95. The molecule has 1 atom stereocenters. The molecule has 0 aromatic heterocycles. The zero-order chi connectivity index (χ0) is 28.8. The minimum Gasteiger partial charge on any atom is -0.481 e. The molecule has 0 aromatic rings. The smallest absolute Gasteiger partial charge is 0.305 e. The van der Waals surface area contributed by atoms with Crippen molar-refractivity contribution in [1.82, 2.24) is 0 Å². The zero-order valence-electron chi connectivity index (χ0n) is 23.9. The van der Waals surface area contributed by atoms with Crippen LogP contribution in [0, 0.1) is 0 Å². The summed E-state index contributed by atoms with van der Waals surface area (Å²) >= 11 is 0. The lowest BCUT2D eigenvalue weighted by molar-refractivity contribution is -0.169. The number of ether oxygens (including phenoxy) is 10. The minimum atomic E-state index is -0.860. The summed E-state index contributed by atoms with van der Waals surface area (Å²) in [4.78, 5) is 21.8. The maximum absolute atomic E-state index is 11.5. The second-order valence-corrected chi connectivity index (χ2v) is 8.77. The molecule has 1 heterocycles. The second-order valence-electron chi connectivity index (χ2n) is 8.77. The van der Waals surface area contributed by atoms with Crippen molar-refractivity contribution in [1.29, 1.82) is 0 Å². The molecule has 1 N–H and O–H groups in total. The Hall–Kier alpha value is -1.42. The summed E-state index contributed by atoms with van der Waals surface area (Å²) < 4.78 is 54.1. The molecule has 0 saturated carbocycles. The Morgan fingerprint density at radius 1 is 0.575 bits per heavy atom. The molecule has 0 amide bonds. The Balaban J connectivity index is 1.64. The van der Waals surface area contributed by atoms with E-state index in [1.807, 2.05) is 0 Å². The highest BCUT2D eigenvalue weighted by Gasteiger charge is 2.13. The molecule has 0 spiro atoms. The quantitative estimate of drug-likeness (QED) is 0.0971. The molecule has 1 rings (SSSR count). The fourth-order valence-electron chi connectivity index (χ4n) is 3.33. The van der Waals surface area contributed by atoms with Gasteiger partial charge in [-0.15, -0.1) is 0 Å². The monoisotopic (exact) mass is 582 g/mol. The lowest BCUT2D eigenvalue weighted by Gasteiger charge is -2.22. The van der Waals surface area contributed by atoms with Crippen molar-refractivity contribution in [3.8, 4) is 0 Å². The summed E-state index contributed by atoms with van der Waals surface area (Å²) in [7, 11) is 0. The van der Waals surface area contributed by atoms with E-state index in [-0.39, 0.29) is 38.3 Å². The van der Waals surface area contributed by atoms with Crippen LogP contribution < -0.4 is 0 Å². The number of aliphatic carboxylic acids is 1. The van der Waals surface area contributed by atoms with Crippen LogP contribution in [-0.2, 0) is 57.0 Å². The number of carboxylic acids is 1. The molecule has 1 fully saturated rings. The van der Waals surface area contributed by atoms with Crippen molar-refractivity contribution >= 4 is 11.9 Å². The minimum absolute atomic E-state index is 0.0638. The first kappa shape index (κ1) is 36.6. The summed E-state index contributed by atoms with van der Waals surface area (Å²) in [5.41, 5.74) is 0. The van der Waals surface area contributed by atoms with Crippen LogP contribution in [0.2, 0.25) is 0 Å². The molecule has 1 aliphatic heterocycles. The van der Waals surface area contributed by atoms with E-state index in [2.05, 4.69) is 0 Å². The topological polar surface area (TPSA) is 147 Å². The zero-order valence-corrected chi connectivity index (χ0v) is 23.9.